The largest absolute Gasteiger partial charge is 0.416 e. The number of aryl methyl sites for hydroxylation is 1. The third-order valence-corrected chi connectivity index (χ3v) is 10.8. The number of sulfonamides is 1. The van der Waals surface area contributed by atoms with Crippen molar-refractivity contribution >= 4 is 27.4 Å². The van der Waals surface area contributed by atoms with Gasteiger partial charge in [0.15, 0.2) is 0 Å². The van der Waals surface area contributed by atoms with Gasteiger partial charge in [-0.3, -0.25) is 4.79 Å². The van der Waals surface area contributed by atoms with E-state index in [2.05, 4.69) is 4.98 Å². The van der Waals surface area contributed by atoms with E-state index < -0.39 is 62.2 Å². The lowest BCUT2D eigenvalue weighted by molar-refractivity contribution is -0.143. The predicted molar refractivity (Wildman–Crippen MR) is 191 cm³/mol. The van der Waals surface area contributed by atoms with Crippen LogP contribution in [0.5, 0.6) is 0 Å². The van der Waals surface area contributed by atoms with Gasteiger partial charge in [0.2, 0.25) is 15.9 Å². The van der Waals surface area contributed by atoms with Crippen LogP contribution in [0.3, 0.4) is 0 Å². The van der Waals surface area contributed by atoms with Crippen molar-refractivity contribution in [2.24, 2.45) is 0 Å². The molecule has 2 heterocycles. The zero-order valence-corrected chi connectivity index (χ0v) is 30.9. The van der Waals surface area contributed by atoms with Crippen molar-refractivity contribution in [1.29, 1.82) is 0 Å². The van der Waals surface area contributed by atoms with E-state index in [1.54, 1.807) is 13.0 Å². The van der Waals surface area contributed by atoms with Gasteiger partial charge in [-0.25, -0.2) is 17.8 Å². The summed E-state index contributed by atoms with van der Waals surface area (Å²) in [5.41, 5.74) is -3.15. The van der Waals surface area contributed by atoms with Gasteiger partial charge in [-0.15, -0.1) is 0 Å². The van der Waals surface area contributed by atoms with Crippen molar-refractivity contribution in [3.8, 4) is 11.1 Å². The first kappa shape index (κ1) is 40.6. The first-order valence-corrected chi connectivity index (χ1v) is 18.6. The number of ether oxygens (including phenoxy) is 1. The Bertz CT molecular complexity index is 2080. The van der Waals surface area contributed by atoms with Crippen molar-refractivity contribution in [2.45, 2.75) is 51.2 Å². The monoisotopic (exact) mass is 780 g/mol. The molecule has 0 unspecified atom stereocenters. The second kappa shape index (κ2) is 15.3. The van der Waals surface area contributed by atoms with E-state index >= 15 is 0 Å². The Hall–Kier alpha value is -4.54. The van der Waals surface area contributed by atoms with Crippen LogP contribution < -0.4 is 9.80 Å². The van der Waals surface area contributed by atoms with E-state index in [1.165, 1.54) is 49.6 Å². The van der Waals surface area contributed by atoms with Gasteiger partial charge in [-0.05, 0) is 79.4 Å². The van der Waals surface area contributed by atoms with E-state index in [1.807, 2.05) is 35.2 Å². The molecule has 290 valence electrons. The van der Waals surface area contributed by atoms with Crippen LogP contribution in [0.4, 0.5) is 42.2 Å². The lowest BCUT2D eigenvalue weighted by Gasteiger charge is -2.40. The van der Waals surface area contributed by atoms with Crippen LogP contribution in [0.15, 0.2) is 79.0 Å². The van der Waals surface area contributed by atoms with Gasteiger partial charge in [0.1, 0.15) is 11.6 Å². The summed E-state index contributed by atoms with van der Waals surface area (Å²) in [4.78, 5) is 21.7. The molecular weight excluding hydrogens is 741 g/mol. The SMILES string of the molecule is Cc1cc(F)ccc1-c1cc(N2CCN(S(C)(=O)=O)[C@H](COCc3ccccc3)C2)ncc1N(C)C(=O)C(C)(C)c1cc(C(F)(F)F)cc(C(F)(F)F)c1. The van der Waals surface area contributed by atoms with Gasteiger partial charge >= 0.3 is 12.4 Å². The molecule has 1 atom stereocenters. The maximum absolute atomic E-state index is 14.3. The molecule has 1 saturated heterocycles. The number of aromatic nitrogens is 1. The molecule has 1 fully saturated rings. The van der Waals surface area contributed by atoms with Gasteiger partial charge in [-0.1, -0.05) is 36.4 Å². The summed E-state index contributed by atoms with van der Waals surface area (Å²) >= 11 is 0. The summed E-state index contributed by atoms with van der Waals surface area (Å²) < 4.78 is 129. The summed E-state index contributed by atoms with van der Waals surface area (Å²) in [6.45, 7) is 4.93. The molecule has 0 N–H and O–H groups in total. The van der Waals surface area contributed by atoms with Crippen LogP contribution in [0.1, 0.15) is 41.7 Å². The minimum absolute atomic E-state index is 0.00153. The smallest absolute Gasteiger partial charge is 0.375 e. The second-order valence-corrected chi connectivity index (χ2v) is 15.7. The van der Waals surface area contributed by atoms with E-state index in [4.69, 9.17) is 4.74 Å². The molecule has 4 aromatic rings. The molecule has 8 nitrogen and oxygen atoms in total. The zero-order chi connectivity index (χ0) is 39.8. The van der Waals surface area contributed by atoms with Crippen molar-refractivity contribution in [2.75, 3.05) is 49.3 Å². The molecule has 54 heavy (non-hydrogen) atoms. The maximum Gasteiger partial charge on any atom is 0.416 e. The average molecular weight is 781 g/mol. The quantitative estimate of drug-likeness (QED) is 0.153. The van der Waals surface area contributed by atoms with Crippen LogP contribution >= 0.6 is 0 Å². The highest BCUT2D eigenvalue weighted by Crippen LogP contribution is 2.41. The summed E-state index contributed by atoms with van der Waals surface area (Å²) in [5.74, 6) is -0.993. The van der Waals surface area contributed by atoms with Crippen LogP contribution in [0.25, 0.3) is 11.1 Å². The molecule has 1 aromatic heterocycles. The highest BCUT2D eigenvalue weighted by atomic mass is 32.2. The maximum atomic E-state index is 14.3. The van der Waals surface area contributed by atoms with Crippen molar-refractivity contribution in [3.05, 3.63) is 113 Å². The molecule has 16 heteroatoms. The summed E-state index contributed by atoms with van der Waals surface area (Å²) in [7, 11) is -2.30. The Morgan fingerprint density at radius 1 is 0.889 bits per heavy atom. The third kappa shape index (κ3) is 9.04. The predicted octanol–water partition coefficient (Wildman–Crippen LogP) is 7.84. The average Bonchev–Trinajstić information content (AvgIpc) is 3.10. The Morgan fingerprint density at radius 2 is 1.50 bits per heavy atom. The van der Waals surface area contributed by atoms with Crippen LogP contribution in [0, 0.1) is 12.7 Å². The number of piperazine rings is 1. The number of pyridine rings is 1. The topological polar surface area (TPSA) is 83.1 Å². The van der Waals surface area contributed by atoms with Crippen LogP contribution in [-0.4, -0.2) is 69.2 Å². The Kier molecular flexibility index (Phi) is 11.5. The number of carbonyl (C=O) groups excluding carboxylic acids is 1. The van der Waals surface area contributed by atoms with Crippen LogP contribution in [-0.2, 0) is 43.9 Å². The van der Waals surface area contributed by atoms with E-state index in [0.29, 0.717) is 34.6 Å². The molecule has 0 aliphatic carbocycles. The molecule has 5 rings (SSSR count). The number of rotatable bonds is 10. The van der Waals surface area contributed by atoms with E-state index in [9.17, 15) is 43.9 Å². The highest BCUT2D eigenvalue weighted by molar-refractivity contribution is 7.88. The standard InChI is InChI=1S/C38H39F7N4O4S/c1-24-15-29(39)11-12-31(24)32-19-34(48-13-14-49(54(5,51)52)30(21-48)23-53-22-25-9-7-6-8-10-25)46-20-33(32)47(4)35(50)36(2,3)26-16-27(37(40,41)42)18-28(17-26)38(43,44)45/h6-12,15-20,30H,13-14,21-23H2,1-5H3/t30-/m0/s1. The molecular formula is C38H39F7N4O4S. The number of carbonyl (C=O) groups is 1. The number of benzene rings is 3. The molecule has 1 aliphatic rings. The Balaban J connectivity index is 1.52. The van der Waals surface area contributed by atoms with Gasteiger partial charge in [0.25, 0.3) is 0 Å². The number of alkyl halides is 6. The molecule has 1 amide bonds. The number of likely N-dealkylation sites (N-methyl/N-ethyl adjacent to an activating group) is 1. The van der Waals surface area contributed by atoms with Crippen molar-refractivity contribution < 1.29 is 48.7 Å². The fourth-order valence-electron chi connectivity index (χ4n) is 6.50. The lowest BCUT2D eigenvalue weighted by Crippen LogP contribution is -2.56. The van der Waals surface area contributed by atoms with Gasteiger partial charge in [0, 0.05) is 32.2 Å². The molecule has 3 aromatic carbocycles. The lowest BCUT2D eigenvalue weighted by atomic mass is 9.81. The third-order valence-electron chi connectivity index (χ3n) is 9.46. The first-order valence-electron chi connectivity index (χ1n) is 16.8. The first-order chi connectivity index (χ1) is 25.1. The normalized spacial score (nSPS) is 16.1. The van der Waals surface area contributed by atoms with Crippen molar-refractivity contribution in [3.63, 3.8) is 0 Å². The van der Waals surface area contributed by atoms with Gasteiger partial charge < -0.3 is 14.5 Å². The fraction of sp³-hybridized carbons (Fsp3) is 0.368. The van der Waals surface area contributed by atoms with Gasteiger partial charge in [-0.2, -0.15) is 30.6 Å². The number of anilines is 2. The number of nitrogens with zero attached hydrogens (tertiary/aromatic N) is 4. The number of halogens is 7. The summed E-state index contributed by atoms with van der Waals surface area (Å²) in [6.07, 6.45) is -7.77. The van der Waals surface area contributed by atoms with Crippen LogP contribution in [0.2, 0.25) is 0 Å². The van der Waals surface area contributed by atoms with E-state index in [0.717, 1.165) is 16.7 Å². The number of hydrogen-bond donors (Lipinski definition) is 0. The van der Waals surface area contributed by atoms with Crippen molar-refractivity contribution in [1.82, 2.24) is 9.29 Å². The molecule has 0 radical (unpaired) electrons. The molecule has 0 saturated carbocycles. The Morgan fingerprint density at radius 3 is 2.07 bits per heavy atom. The summed E-state index contributed by atoms with van der Waals surface area (Å²) in [5, 5.41) is 0. The zero-order valence-electron chi connectivity index (χ0n) is 30.1. The molecule has 1 aliphatic heterocycles. The fourth-order valence-corrected chi connectivity index (χ4v) is 7.58. The minimum Gasteiger partial charge on any atom is -0.375 e. The molecule has 0 bridgehead atoms. The number of amides is 1. The Labute approximate surface area is 309 Å². The second-order valence-electron chi connectivity index (χ2n) is 13.8. The highest BCUT2D eigenvalue weighted by Gasteiger charge is 2.42. The van der Waals surface area contributed by atoms with Gasteiger partial charge in [0.05, 0.1) is 53.9 Å². The van der Waals surface area contributed by atoms with E-state index in [-0.39, 0.29) is 44.6 Å². The minimum atomic E-state index is -5.12. The number of hydrogen-bond acceptors (Lipinski definition) is 6. The summed E-state index contributed by atoms with van der Waals surface area (Å²) in [6, 6.07) is 15.4. The molecule has 0 spiro atoms.